The van der Waals surface area contributed by atoms with E-state index in [0.29, 0.717) is 6.54 Å². The van der Waals surface area contributed by atoms with E-state index in [1.165, 1.54) is 0 Å². The molecule has 0 radical (unpaired) electrons. The fourth-order valence-electron chi connectivity index (χ4n) is 3.09. The molecule has 2 aromatic carbocycles. The van der Waals surface area contributed by atoms with E-state index in [1.807, 2.05) is 42.5 Å². The van der Waals surface area contributed by atoms with E-state index in [2.05, 4.69) is 31.5 Å². The van der Waals surface area contributed by atoms with E-state index >= 15 is 0 Å². The van der Waals surface area contributed by atoms with Crippen LogP contribution in [0.15, 0.2) is 53.0 Å². The van der Waals surface area contributed by atoms with Gasteiger partial charge in [0, 0.05) is 23.1 Å². The fraction of sp³-hybridized carbons (Fsp3) is 0.222. The number of hydrogen-bond donors (Lipinski definition) is 0. The van der Waals surface area contributed by atoms with E-state index in [-0.39, 0.29) is 5.78 Å². The van der Waals surface area contributed by atoms with E-state index in [9.17, 15) is 4.79 Å². The highest BCUT2D eigenvalue weighted by molar-refractivity contribution is 9.10. The first-order valence-electron chi connectivity index (χ1n) is 7.71. The molecule has 23 heavy (non-hydrogen) atoms. The molecule has 0 atom stereocenters. The number of rotatable bonds is 3. The van der Waals surface area contributed by atoms with Crippen molar-refractivity contribution >= 4 is 38.7 Å². The number of anilines is 1. The number of aromatic nitrogens is 2. The zero-order valence-electron chi connectivity index (χ0n) is 12.6. The molecule has 0 spiro atoms. The first kappa shape index (κ1) is 14.5. The molecule has 0 bridgehead atoms. The molecule has 0 amide bonds. The van der Waals surface area contributed by atoms with Gasteiger partial charge in [-0.3, -0.25) is 4.79 Å². The molecule has 0 fully saturated rings. The highest BCUT2D eigenvalue weighted by atomic mass is 79.9. The molecule has 0 unspecified atom stereocenters. The summed E-state index contributed by atoms with van der Waals surface area (Å²) in [7, 11) is 0. The number of benzene rings is 2. The maximum absolute atomic E-state index is 12.6. The minimum Gasteiger partial charge on any atom is -0.334 e. The number of aryl methyl sites for hydroxylation is 1. The molecule has 4 rings (SSSR count). The molecule has 0 saturated carbocycles. The fourth-order valence-corrected chi connectivity index (χ4v) is 3.36. The zero-order chi connectivity index (χ0) is 15.8. The highest BCUT2D eigenvalue weighted by Gasteiger charge is 2.23. The van der Waals surface area contributed by atoms with Gasteiger partial charge in [0.15, 0.2) is 5.78 Å². The van der Waals surface area contributed by atoms with Crippen LogP contribution in [0.25, 0.3) is 11.0 Å². The van der Waals surface area contributed by atoms with Crippen LogP contribution >= 0.6 is 15.9 Å². The molecule has 1 aliphatic rings. The summed E-state index contributed by atoms with van der Waals surface area (Å²) in [6, 6.07) is 15.7. The Balaban J connectivity index is 1.64. The molecule has 1 aromatic heterocycles. The summed E-state index contributed by atoms with van der Waals surface area (Å²) in [4.78, 5) is 19.4. The molecule has 0 N–H and O–H groups in total. The van der Waals surface area contributed by atoms with Crippen LogP contribution in [0, 0.1) is 0 Å². The van der Waals surface area contributed by atoms with E-state index in [1.54, 1.807) is 0 Å². The summed E-state index contributed by atoms with van der Waals surface area (Å²) in [5.41, 5.74) is 2.87. The van der Waals surface area contributed by atoms with Gasteiger partial charge in [-0.2, -0.15) is 0 Å². The van der Waals surface area contributed by atoms with Crippen molar-refractivity contribution in [2.45, 2.75) is 13.0 Å². The summed E-state index contributed by atoms with van der Waals surface area (Å²) in [6.45, 7) is 2.19. The Morgan fingerprint density at radius 3 is 2.70 bits per heavy atom. The lowest BCUT2D eigenvalue weighted by Gasteiger charge is -2.28. The summed E-state index contributed by atoms with van der Waals surface area (Å²) in [6.07, 6.45) is 1.03. The molecule has 1 aliphatic heterocycles. The van der Waals surface area contributed by atoms with Crippen molar-refractivity contribution in [3.05, 3.63) is 58.6 Å². The molecule has 4 nitrogen and oxygen atoms in total. The van der Waals surface area contributed by atoms with Gasteiger partial charge < -0.3 is 9.47 Å². The summed E-state index contributed by atoms with van der Waals surface area (Å²) >= 11 is 3.40. The summed E-state index contributed by atoms with van der Waals surface area (Å²) in [5, 5.41) is 0. The number of para-hydroxylation sites is 2. The number of imidazole rings is 1. The Kier molecular flexibility index (Phi) is 3.65. The van der Waals surface area contributed by atoms with Crippen molar-refractivity contribution in [3.8, 4) is 0 Å². The third kappa shape index (κ3) is 2.65. The van der Waals surface area contributed by atoms with E-state index < -0.39 is 0 Å². The van der Waals surface area contributed by atoms with Crippen molar-refractivity contribution in [2.75, 3.05) is 18.0 Å². The number of carbonyl (C=O) groups is 1. The zero-order valence-corrected chi connectivity index (χ0v) is 14.2. The summed E-state index contributed by atoms with van der Waals surface area (Å²) < 4.78 is 3.20. The summed E-state index contributed by atoms with van der Waals surface area (Å²) in [5.74, 6) is 1.03. The van der Waals surface area contributed by atoms with Gasteiger partial charge in [-0.1, -0.05) is 40.2 Å². The lowest BCUT2D eigenvalue weighted by molar-refractivity contribution is 0.0997. The van der Waals surface area contributed by atoms with Gasteiger partial charge in [-0.25, -0.2) is 4.98 Å². The normalized spacial score (nSPS) is 14.0. The van der Waals surface area contributed by atoms with Crippen molar-refractivity contribution in [3.63, 3.8) is 0 Å². The van der Waals surface area contributed by atoms with Gasteiger partial charge in [-0.15, -0.1) is 0 Å². The van der Waals surface area contributed by atoms with Gasteiger partial charge in [0.1, 0.15) is 0 Å². The number of carbonyl (C=O) groups excluding carboxylic acids is 1. The quantitative estimate of drug-likeness (QED) is 0.657. The third-order valence-corrected chi connectivity index (χ3v) is 4.76. The Morgan fingerprint density at radius 2 is 1.87 bits per heavy atom. The Morgan fingerprint density at radius 1 is 1.09 bits per heavy atom. The van der Waals surface area contributed by atoms with Crippen LogP contribution in [0.5, 0.6) is 0 Å². The number of halogens is 1. The Hall–Kier alpha value is -2.14. The number of nitrogens with zero attached hydrogens (tertiary/aromatic N) is 3. The molecular formula is C18H16BrN3O. The van der Waals surface area contributed by atoms with Crippen LogP contribution < -0.4 is 4.90 Å². The molecule has 5 heteroatoms. The number of Topliss-reactive ketones (excluding diaryl/α,β-unsaturated/α-hetero) is 1. The van der Waals surface area contributed by atoms with Crippen LogP contribution in [-0.2, 0) is 6.54 Å². The third-order valence-electron chi connectivity index (χ3n) is 4.23. The Labute approximate surface area is 142 Å². The van der Waals surface area contributed by atoms with Gasteiger partial charge >= 0.3 is 0 Å². The first-order chi connectivity index (χ1) is 11.2. The second-order valence-corrected chi connectivity index (χ2v) is 6.67. The van der Waals surface area contributed by atoms with Gasteiger partial charge in [0.2, 0.25) is 5.95 Å². The molecular weight excluding hydrogens is 354 g/mol. The molecule has 3 aromatic rings. The highest BCUT2D eigenvalue weighted by Crippen LogP contribution is 2.26. The second-order valence-electron chi connectivity index (χ2n) is 5.76. The van der Waals surface area contributed by atoms with Crippen molar-refractivity contribution < 1.29 is 4.79 Å². The molecule has 0 saturated heterocycles. The molecule has 0 aliphatic carbocycles. The minimum atomic E-state index is 0.123. The van der Waals surface area contributed by atoms with Crippen LogP contribution in [0.3, 0.4) is 0 Å². The van der Waals surface area contributed by atoms with Crippen LogP contribution in [-0.4, -0.2) is 28.4 Å². The second kappa shape index (κ2) is 5.81. The maximum Gasteiger partial charge on any atom is 0.206 e. The lowest BCUT2D eigenvalue weighted by atomic mass is 10.1. The average molecular weight is 370 g/mol. The largest absolute Gasteiger partial charge is 0.334 e. The topological polar surface area (TPSA) is 38.1 Å². The maximum atomic E-state index is 12.6. The van der Waals surface area contributed by atoms with Crippen molar-refractivity contribution in [2.24, 2.45) is 0 Å². The minimum absolute atomic E-state index is 0.123. The predicted octanol–water partition coefficient (Wildman–Crippen LogP) is 3.89. The van der Waals surface area contributed by atoms with Crippen molar-refractivity contribution in [1.29, 1.82) is 0 Å². The number of ketones is 1. The molecule has 2 heterocycles. The smallest absolute Gasteiger partial charge is 0.206 e. The van der Waals surface area contributed by atoms with Gasteiger partial charge in [0.25, 0.3) is 0 Å². The van der Waals surface area contributed by atoms with Crippen molar-refractivity contribution in [1.82, 2.24) is 9.55 Å². The predicted molar refractivity (Wildman–Crippen MR) is 95.0 cm³/mol. The van der Waals surface area contributed by atoms with E-state index in [0.717, 1.165) is 46.5 Å². The number of fused-ring (bicyclic) bond motifs is 3. The van der Waals surface area contributed by atoms with E-state index in [4.69, 9.17) is 4.98 Å². The lowest BCUT2D eigenvalue weighted by Crippen LogP contribution is -2.36. The van der Waals surface area contributed by atoms with Gasteiger partial charge in [-0.05, 0) is 30.7 Å². The SMILES string of the molecule is O=C(CN1CCCn2c1nc1ccccc12)c1ccc(Br)cc1. The van der Waals surface area contributed by atoms with Crippen LogP contribution in [0.4, 0.5) is 5.95 Å². The standard InChI is InChI=1S/C18H16BrN3O/c19-14-8-6-13(7-9-14)17(23)12-21-10-3-11-22-16-5-2-1-4-15(16)20-18(21)22/h1-2,4-9H,3,10-12H2. The first-order valence-corrected chi connectivity index (χ1v) is 8.51. The van der Waals surface area contributed by atoms with Gasteiger partial charge in [0.05, 0.1) is 17.6 Å². The number of hydrogen-bond acceptors (Lipinski definition) is 3. The Bertz CT molecular complexity index is 870. The average Bonchev–Trinajstić information content (AvgIpc) is 2.95. The van der Waals surface area contributed by atoms with Crippen LogP contribution in [0.1, 0.15) is 16.8 Å². The van der Waals surface area contributed by atoms with Crippen LogP contribution in [0.2, 0.25) is 0 Å². The molecule has 116 valence electrons. The monoisotopic (exact) mass is 369 g/mol.